The van der Waals surface area contributed by atoms with Crippen molar-refractivity contribution in [2.75, 3.05) is 13.1 Å². The van der Waals surface area contributed by atoms with E-state index in [2.05, 4.69) is 11.8 Å². The summed E-state index contributed by atoms with van der Waals surface area (Å²) in [6, 6.07) is 6.89. The van der Waals surface area contributed by atoms with E-state index in [4.69, 9.17) is 0 Å². The average Bonchev–Trinajstić information content (AvgIpc) is 2.29. The van der Waals surface area contributed by atoms with E-state index < -0.39 is 0 Å². The molecule has 1 aromatic rings. The Kier molecular flexibility index (Phi) is 3.74. The number of likely N-dealkylation sites (tertiary alicyclic amines) is 1. The number of hydrogen-bond donors (Lipinski definition) is 0. The van der Waals surface area contributed by atoms with Gasteiger partial charge in [-0.25, -0.2) is 0 Å². The summed E-state index contributed by atoms with van der Waals surface area (Å²) in [5, 5.41) is 10.5. The van der Waals surface area contributed by atoms with E-state index >= 15 is 0 Å². The lowest BCUT2D eigenvalue weighted by molar-refractivity contribution is -0.384. The van der Waals surface area contributed by atoms with Crippen LogP contribution in [0, 0.1) is 16.0 Å². The van der Waals surface area contributed by atoms with Gasteiger partial charge >= 0.3 is 0 Å². The molecule has 0 N–H and O–H groups in total. The van der Waals surface area contributed by atoms with Gasteiger partial charge in [0.15, 0.2) is 0 Å². The molecule has 0 bridgehead atoms. The van der Waals surface area contributed by atoms with Gasteiger partial charge in [-0.1, -0.05) is 19.1 Å². The van der Waals surface area contributed by atoms with Gasteiger partial charge in [0.2, 0.25) is 0 Å². The second kappa shape index (κ2) is 5.27. The normalized spacial score (nSPS) is 21.4. The zero-order chi connectivity index (χ0) is 12.3. The number of piperidine rings is 1. The van der Waals surface area contributed by atoms with Crippen molar-refractivity contribution in [3.63, 3.8) is 0 Å². The predicted octanol–water partition coefficient (Wildman–Crippen LogP) is 2.83. The molecule has 1 aromatic carbocycles. The molecule has 0 aromatic heterocycles. The summed E-state index contributed by atoms with van der Waals surface area (Å²) in [4.78, 5) is 12.6. The summed E-state index contributed by atoms with van der Waals surface area (Å²) >= 11 is 0. The molecular formula is C13H18N2O2. The number of benzene rings is 1. The topological polar surface area (TPSA) is 46.4 Å². The Morgan fingerprint density at radius 2 is 2.12 bits per heavy atom. The summed E-state index contributed by atoms with van der Waals surface area (Å²) in [6.45, 7) is 5.46. The van der Waals surface area contributed by atoms with E-state index in [0.29, 0.717) is 0 Å². The van der Waals surface area contributed by atoms with Crippen molar-refractivity contribution in [2.45, 2.75) is 26.3 Å². The third-order valence-electron chi connectivity index (χ3n) is 3.29. The van der Waals surface area contributed by atoms with Crippen LogP contribution in [0.25, 0.3) is 0 Å². The number of rotatable bonds is 3. The lowest BCUT2D eigenvalue weighted by Gasteiger charge is -2.30. The highest BCUT2D eigenvalue weighted by Crippen LogP contribution is 2.19. The third-order valence-corrected chi connectivity index (χ3v) is 3.29. The fourth-order valence-corrected chi connectivity index (χ4v) is 2.41. The molecule has 0 amide bonds. The molecule has 1 aliphatic heterocycles. The molecule has 92 valence electrons. The Morgan fingerprint density at radius 1 is 1.41 bits per heavy atom. The Bertz CT molecular complexity index is 389. The van der Waals surface area contributed by atoms with Gasteiger partial charge < -0.3 is 0 Å². The number of nitro groups is 1. The summed E-state index contributed by atoms with van der Waals surface area (Å²) in [5.41, 5.74) is 1.32. The Morgan fingerprint density at radius 3 is 2.71 bits per heavy atom. The van der Waals surface area contributed by atoms with Gasteiger partial charge in [-0.15, -0.1) is 0 Å². The standard InChI is InChI=1S/C13H18N2O2/c1-11-3-2-8-14(9-11)10-12-4-6-13(7-5-12)15(16)17/h4-7,11H,2-3,8-10H2,1H3/t11-/m1/s1. The maximum atomic E-state index is 10.5. The molecule has 2 rings (SSSR count). The van der Waals surface area contributed by atoms with Crippen LogP contribution in [0.1, 0.15) is 25.3 Å². The monoisotopic (exact) mass is 234 g/mol. The first-order valence-corrected chi connectivity index (χ1v) is 6.11. The first-order valence-electron chi connectivity index (χ1n) is 6.11. The van der Waals surface area contributed by atoms with Crippen molar-refractivity contribution < 1.29 is 4.92 Å². The van der Waals surface area contributed by atoms with Gasteiger partial charge in [0, 0.05) is 25.2 Å². The van der Waals surface area contributed by atoms with Crippen LogP contribution >= 0.6 is 0 Å². The molecule has 1 saturated heterocycles. The minimum absolute atomic E-state index is 0.167. The van der Waals surface area contributed by atoms with Crippen molar-refractivity contribution in [3.05, 3.63) is 39.9 Å². The van der Waals surface area contributed by atoms with E-state index in [1.54, 1.807) is 12.1 Å². The lowest BCUT2D eigenvalue weighted by Crippen LogP contribution is -2.33. The van der Waals surface area contributed by atoms with Crippen LogP contribution in [0.15, 0.2) is 24.3 Å². The van der Waals surface area contributed by atoms with Gasteiger partial charge in [0.05, 0.1) is 4.92 Å². The summed E-state index contributed by atoms with van der Waals surface area (Å²) in [6.07, 6.45) is 2.57. The van der Waals surface area contributed by atoms with Crippen LogP contribution in [-0.4, -0.2) is 22.9 Å². The van der Waals surface area contributed by atoms with Crippen LogP contribution in [0.4, 0.5) is 5.69 Å². The van der Waals surface area contributed by atoms with E-state index in [-0.39, 0.29) is 10.6 Å². The molecule has 0 unspecified atom stereocenters. The SMILES string of the molecule is C[C@@H]1CCCN(Cc2ccc([N+](=O)[O-])cc2)C1. The average molecular weight is 234 g/mol. The van der Waals surface area contributed by atoms with Crippen molar-refractivity contribution in [1.82, 2.24) is 4.90 Å². The van der Waals surface area contributed by atoms with E-state index in [0.717, 1.165) is 31.1 Å². The molecule has 0 saturated carbocycles. The van der Waals surface area contributed by atoms with Crippen molar-refractivity contribution in [1.29, 1.82) is 0 Å². The van der Waals surface area contributed by atoms with Crippen LogP contribution in [0.3, 0.4) is 0 Å². The van der Waals surface area contributed by atoms with Crippen molar-refractivity contribution in [2.24, 2.45) is 5.92 Å². The summed E-state index contributed by atoms with van der Waals surface area (Å²) in [5.74, 6) is 0.766. The van der Waals surface area contributed by atoms with Gasteiger partial charge in [-0.3, -0.25) is 15.0 Å². The second-order valence-corrected chi connectivity index (χ2v) is 4.91. The molecule has 1 atom stereocenters. The number of nitro benzene ring substituents is 1. The molecule has 17 heavy (non-hydrogen) atoms. The molecule has 1 heterocycles. The fourth-order valence-electron chi connectivity index (χ4n) is 2.41. The Balaban J connectivity index is 1.96. The molecule has 0 radical (unpaired) electrons. The number of nitrogens with zero attached hydrogens (tertiary/aromatic N) is 2. The van der Waals surface area contributed by atoms with Gasteiger partial charge in [-0.05, 0) is 30.9 Å². The summed E-state index contributed by atoms with van der Waals surface area (Å²) < 4.78 is 0. The number of hydrogen-bond acceptors (Lipinski definition) is 3. The fraction of sp³-hybridized carbons (Fsp3) is 0.538. The summed E-state index contributed by atoms with van der Waals surface area (Å²) in [7, 11) is 0. The van der Waals surface area contributed by atoms with Crippen LogP contribution < -0.4 is 0 Å². The zero-order valence-corrected chi connectivity index (χ0v) is 10.1. The van der Waals surface area contributed by atoms with E-state index in [1.165, 1.54) is 12.8 Å². The maximum absolute atomic E-state index is 10.5. The predicted molar refractivity (Wildman–Crippen MR) is 66.8 cm³/mol. The van der Waals surface area contributed by atoms with Crippen LogP contribution in [-0.2, 0) is 6.54 Å². The smallest absolute Gasteiger partial charge is 0.269 e. The van der Waals surface area contributed by atoms with E-state index in [1.807, 2.05) is 12.1 Å². The van der Waals surface area contributed by atoms with Crippen molar-refractivity contribution in [3.8, 4) is 0 Å². The van der Waals surface area contributed by atoms with Crippen molar-refractivity contribution >= 4 is 5.69 Å². The highest BCUT2D eigenvalue weighted by atomic mass is 16.6. The van der Waals surface area contributed by atoms with Crippen LogP contribution in [0.5, 0.6) is 0 Å². The largest absolute Gasteiger partial charge is 0.299 e. The maximum Gasteiger partial charge on any atom is 0.269 e. The molecular weight excluding hydrogens is 216 g/mol. The minimum atomic E-state index is -0.354. The molecule has 1 aliphatic rings. The zero-order valence-electron chi connectivity index (χ0n) is 10.1. The Labute approximate surface area is 101 Å². The Hall–Kier alpha value is -1.42. The first kappa shape index (κ1) is 12.0. The number of non-ortho nitro benzene ring substituents is 1. The quantitative estimate of drug-likeness (QED) is 0.596. The molecule has 4 nitrogen and oxygen atoms in total. The molecule has 0 spiro atoms. The molecule has 1 fully saturated rings. The lowest BCUT2D eigenvalue weighted by atomic mass is 10.00. The van der Waals surface area contributed by atoms with Gasteiger partial charge in [-0.2, -0.15) is 0 Å². The van der Waals surface area contributed by atoms with E-state index in [9.17, 15) is 10.1 Å². The highest BCUT2D eigenvalue weighted by Gasteiger charge is 2.16. The van der Waals surface area contributed by atoms with Crippen LogP contribution in [0.2, 0.25) is 0 Å². The second-order valence-electron chi connectivity index (χ2n) is 4.91. The van der Waals surface area contributed by atoms with Gasteiger partial charge in [0.25, 0.3) is 5.69 Å². The first-order chi connectivity index (χ1) is 8.15. The minimum Gasteiger partial charge on any atom is -0.299 e. The third kappa shape index (κ3) is 3.27. The molecule has 0 aliphatic carbocycles. The highest BCUT2D eigenvalue weighted by molar-refractivity contribution is 5.32. The van der Waals surface area contributed by atoms with Gasteiger partial charge in [0.1, 0.15) is 0 Å². The molecule has 4 heteroatoms.